The third-order valence-corrected chi connectivity index (χ3v) is 3.32. The van der Waals surface area contributed by atoms with Gasteiger partial charge in [-0.1, -0.05) is 26.1 Å². The zero-order valence-corrected chi connectivity index (χ0v) is 9.60. The molecule has 0 heterocycles. The maximum absolute atomic E-state index is 5.67. The van der Waals surface area contributed by atoms with E-state index in [1.807, 2.05) is 0 Å². The molecular formula is C10H20N2S. The number of thiocarbonyl (C=S) groups is 1. The monoisotopic (exact) mass is 200 g/mol. The van der Waals surface area contributed by atoms with Gasteiger partial charge in [0, 0.05) is 6.54 Å². The molecule has 0 amide bonds. The van der Waals surface area contributed by atoms with Crippen molar-refractivity contribution in [2.45, 2.75) is 32.7 Å². The number of hydrogen-bond donors (Lipinski definition) is 1. The summed E-state index contributed by atoms with van der Waals surface area (Å²) in [5, 5.41) is 0. The fourth-order valence-electron chi connectivity index (χ4n) is 1.88. The quantitative estimate of drug-likeness (QED) is 0.684. The Labute approximate surface area is 86.5 Å². The predicted octanol–water partition coefficient (Wildman–Crippen LogP) is 1.64. The van der Waals surface area contributed by atoms with E-state index in [4.69, 9.17) is 18.0 Å². The molecule has 1 aliphatic carbocycles. The van der Waals surface area contributed by atoms with Crippen LogP contribution in [0.15, 0.2) is 0 Å². The number of hydrogen-bond acceptors (Lipinski definition) is 2. The maximum Gasteiger partial charge on any atom is 0.0901 e. The van der Waals surface area contributed by atoms with Gasteiger partial charge in [0.05, 0.1) is 11.0 Å². The van der Waals surface area contributed by atoms with Gasteiger partial charge < -0.3 is 5.73 Å². The summed E-state index contributed by atoms with van der Waals surface area (Å²) in [4.78, 5) is 2.94. The van der Waals surface area contributed by atoms with Gasteiger partial charge in [0.15, 0.2) is 0 Å². The third-order valence-electron chi connectivity index (χ3n) is 3.05. The minimum atomic E-state index is 0.294. The lowest BCUT2D eigenvalue weighted by atomic mass is 10.2. The van der Waals surface area contributed by atoms with Crippen LogP contribution in [0, 0.1) is 11.8 Å². The Bertz CT molecular complexity index is 193. The van der Waals surface area contributed by atoms with E-state index in [9.17, 15) is 0 Å². The zero-order valence-electron chi connectivity index (χ0n) is 8.79. The highest BCUT2D eigenvalue weighted by Crippen LogP contribution is 2.38. The third kappa shape index (κ3) is 2.92. The molecule has 0 aromatic heterocycles. The molecule has 0 spiro atoms. The van der Waals surface area contributed by atoms with Gasteiger partial charge in [-0.25, -0.2) is 0 Å². The van der Waals surface area contributed by atoms with Gasteiger partial charge in [-0.15, -0.1) is 0 Å². The molecule has 1 rings (SSSR count). The van der Waals surface area contributed by atoms with Gasteiger partial charge >= 0.3 is 0 Å². The molecule has 2 nitrogen and oxygen atoms in total. The molecule has 1 saturated carbocycles. The molecule has 3 heteroatoms. The average Bonchev–Trinajstić information content (AvgIpc) is 2.66. The van der Waals surface area contributed by atoms with Gasteiger partial charge in [-0.3, -0.25) is 4.90 Å². The molecule has 0 aromatic rings. The van der Waals surface area contributed by atoms with E-state index in [0.717, 1.165) is 24.8 Å². The lowest BCUT2D eigenvalue weighted by Crippen LogP contribution is -2.42. The summed E-state index contributed by atoms with van der Waals surface area (Å²) in [5.41, 5.74) is 5.67. The summed E-state index contributed by atoms with van der Waals surface area (Å²) in [5.74, 6) is 1.79. The van der Waals surface area contributed by atoms with E-state index in [1.165, 1.54) is 6.42 Å². The number of likely N-dealkylation sites (N-methyl/N-ethyl adjacent to an activating group) is 1. The van der Waals surface area contributed by atoms with Crippen molar-refractivity contribution in [1.29, 1.82) is 0 Å². The van der Waals surface area contributed by atoms with Gasteiger partial charge in [0.2, 0.25) is 0 Å². The highest BCUT2D eigenvalue weighted by atomic mass is 32.1. The summed E-state index contributed by atoms with van der Waals surface area (Å²) in [6.45, 7) is 5.59. The summed E-state index contributed by atoms with van der Waals surface area (Å²) < 4.78 is 0. The number of nitrogens with two attached hydrogens (primary N) is 1. The lowest BCUT2D eigenvalue weighted by Gasteiger charge is -2.26. The van der Waals surface area contributed by atoms with Gasteiger partial charge in [0.25, 0.3) is 0 Å². The Morgan fingerprint density at radius 3 is 2.54 bits per heavy atom. The Morgan fingerprint density at radius 1 is 1.69 bits per heavy atom. The number of nitrogens with zero attached hydrogens (tertiary/aromatic N) is 1. The fourth-order valence-corrected chi connectivity index (χ4v) is 2.23. The van der Waals surface area contributed by atoms with Crippen LogP contribution in [-0.4, -0.2) is 29.5 Å². The normalized spacial score (nSPS) is 28.9. The highest BCUT2D eigenvalue weighted by Gasteiger charge is 2.34. The first-order valence-corrected chi connectivity index (χ1v) is 5.46. The van der Waals surface area contributed by atoms with Crippen molar-refractivity contribution >= 4 is 17.2 Å². The van der Waals surface area contributed by atoms with Crippen molar-refractivity contribution in [3.8, 4) is 0 Å². The van der Waals surface area contributed by atoms with Crippen LogP contribution in [0.5, 0.6) is 0 Å². The van der Waals surface area contributed by atoms with Crippen molar-refractivity contribution in [2.24, 2.45) is 17.6 Å². The second-order valence-electron chi connectivity index (χ2n) is 4.24. The van der Waals surface area contributed by atoms with Crippen LogP contribution >= 0.6 is 12.2 Å². The van der Waals surface area contributed by atoms with Gasteiger partial charge in [-0.2, -0.15) is 0 Å². The molecular weight excluding hydrogens is 180 g/mol. The Hall–Kier alpha value is -0.150. The average molecular weight is 200 g/mol. The van der Waals surface area contributed by atoms with Crippen molar-refractivity contribution in [3.63, 3.8) is 0 Å². The molecule has 3 unspecified atom stereocenters. The van der Waals surface area contributed by atoms with E-state index in [-0.39, 0.29) is 0 Å². The molecule has 0 radical (unpaired) electrons. The molecule has 3 atom stereocenters. The first-order valence-electron chi connectivity index (χ1n) is 5.05. The minimum absolute atomic E-state index is 0.294. The fraction of sp³-hybridized carbons (Fsp3) is 0.900. The van der Waals surface area contributed by atoms with E-state index >= 15 is 0 Å². The molecule has 1 fully saturated rings. The minimum Gasteiger partial charge on any atom is -0.392 e. The van der Waals surface area contributed by atoms with Crippen LogP contribution in [0.3, 0.4) is 0 Å². The Balaban J connectivity index is 2.35. The lowest BCUT2D eigenvalue weighted by molar-refractivity contribution is 0.276. The second-order valence-corrected chi connectivity index (χ2v) is 4.71. The molecule has 76 valence electrons. The molecule has 1 aliphatic rings. The predicted molar refractivity (Wildman–Crippen MR) is 60.8 cm³/mol. The van der Waals surface area contributed by atoms with Gasteiger partial charge in [0.1, 0.15) is 0 Å². The number of rotatable bonds is 5. The van der Waals surface area contributed by atoms with Crippen molar-refractivity contribution in [1.82, 2.24) is 4.90 Å². The second kappa shape index (κ2) is 4.38. The largest absolute Gasteiger partial charge is 0.392 e. The molecule has 13 heavy (non-hydrogen) atoms. The van der Waals surface area contributed by atoms with Crippen LogP contribution in [0.25, 0.3) is 0 Å². The smallest absolute Gasteiger partial charge is 0.0901 e. The summed E-state index contributed by atoms with van der Waals surface area (Å²) >= 11 is 5.03. The van der Waals surface area contributed by atoms with E-state index in [1.54, 1.807) is 0 Å². The van der Waals surface area contributed by atoms with E-state index < -0.39 is 0 Å². The molecule has 0 bridgehead atoms. The van der Waals surface area contributed by atoms with Crippen LogP contribution < -0.4 is 5.73 Å². The Kier molecular flexibility index (Phi) is 3.68. The SMILES string of the molecule is CCC(C(N)=S)N(C)CC1CC1C. The summed E-state index contributed by atoms with van der Waals surface area (Å²) in [7, 11) is 2.12. The summed E-state index contributed by atoms with van der Waals surface area (Å²) in [6, 6.07) is 0.294. The highest BCUT2D eigenvalue weighted by molar-refractivity contribution is 7.80. The molecule has 0 aliphatic heterocycles. The first kappa shape index (κ1) is 10.9. The summed E-state index contributed by atoms with van der Waals surface area (Å²) in [6.07, 6.45) is 2.39. The standard InChI is InChI=1S/C10H20N2S/c1-4-9(10(11)13)12(3)6-8-5-7(8)2/h7-9H,4-6H2,1-3H3,(H2,11,13). The van der Waals surface area contributed by atoms with E-state index in [2.05, 4.69) is 25.8 Å². The first-order chi connectivity index (χ1) is 6.06. The van der Waals surface area contributed by atoms with Crippen molar-refractivity contribution in [3.05, 3.63) is 0 Å². The van der Waals surface area contributed by atoms with Crippen LogP contribution in [-0.2, 0) is 0 Å². The van der Waals surface area contributed by atoms with E-state index in [0.29, 0.717) is 11.0 Å². The zero-order chi connectivity index (χ0) is 10.0. The topological polar surface area (TPSA) is 29.3 Å². The van der Waals surface area contributed by atoms with Crippen LogP contribution in [0.4, 0.5) is 0 Å². The maximum atomic E-state index is 5.67. The molecule has 0 aromatic carbocycles. The molecule has 0 saturated heterocycles. The Morgan fingerprint density at radius 2 is 2.23 bits per heavy atom. The van der Waals surface area contributed by atoms with Crippen LogP contribution in [0.1, 0.15) is 26.7 Å². The van der Waals surface area contributed by atoms with Crippen molar-refractivity contribution < 1.29 is 0 Å². The van der Waals surface area contributed by atoms with Crippen LogP contribution in [0.2, 0.25) is 0 Å². The van der Waals surface area contributed by atoms with Crippen molar-refractivity contribution in [2.75, 3.05) is 13.6 Å². The molecule has 2 N–H and O–H groups in total. The van der Waals surface area contributed by atoms with Gasteiger partial charge in [-0.05, 0) is 31.7 Å².